The van der Waals surface area contributed by atoms with Crippen molar-refractivity contribution in [2.75, 3.05) is 16.8 Å². The molecule has 0 aliphatic heterocycles. The average Bonchev–Trinajstić information content (AvgIpc) is 2.63. The number of hydrogen-bond donors (Lipinski definition) is 1. The molecule has 3 rings (SSSR count). The summed E-state index contributed by atoms with van der Waals surface area (Å²) in [7, 11) is 0. The van der Waals surface area contributed by atoms with E-state index in [-0.39, 0.29) is 0 Å². The van der Waals surface area contributed by atoms with Gasteiger partial charge >= 0.3 is 0 Å². The number of hydrogen-bond acceptors (Lipinski definition) is 4. The number of benzene rings is 2. The van der Waals surface area contributed by atoms with Gasteiger partial charge in [-0.25, -0.2) is 9.97 Å². The number of aromatic nitrogens is 2. The van der Waals surface area contributed by atoms with Gasteiger partial charge in [0.1, 0.15) is 18.0 Å². The molecule has 4 nitrogen and oxygen atoms in total. The molecule has 5 heteroatoms. The van der Waals surface area contributed by atoms with Gasteiger partial charge in [-0.2, -0.15) is 0 Å². The summed E-state index contributed by atoms with van der Waals surface area (Å²) in [5.74, 6) is 1.65. The van der Waals surface area contributed by atoms with Crippen molar-refractivity contribution in [2.45, 2.75) is 13.5 Å². The summed E-state index contributed by atoms with van der Waals surface area (Å²) >= 11 is 5.92. The van der Waals surface area contributed by atoms with Crippen LogP contribution in [0.4, 0.5) is 17.3 Å². The van der Waals surface area contributed by atoms with Crippen molar-refractivity contribution >= 4 is 28.9 Å². The van der Waals surface area contributed by atoms with Gasteiger partial charge in [-0.05, 0) is 36.8 Å². The van der Waals surface area contributed by atoms with Gasteiger partial charge in [-0.15, -0.1) is 0 Å². The predicted molar refractivity (Wildman–Crippen MR) is 99.9 cm³/mol. The zero-order valence-corrected chi connectivity index (χ0v) is 14.2. The lowest BCUT2D eigenvalue weighted by molar-refractivity contribution is 0.810. The summed E-state index contributed by atoms with van der Waals surface area (Å²) in [5, 5.41) is 3.99. The highest BCUT2D eigenvalue weighted by Gasteiger charge is 2.08. The monoisotopic (exact) mass is 338 g/mol. The van der Waals surface area contributed by atoms with Gasteiger partial charge in [0.25, 0.3) is 0 Å². The molecule has 1 N–H and O–H groups in total. The summed E-state index contributed by atoms with van der Waals surface area (Å²) in [6.07, 6.45) is 1.58. The zero-order chi connectivity index (χ0) is 16.8. The van der Waals surface area contributed by atoms with Crippen LogP contribution in [-0.4, -0.2) is 16.5 Å². The molecule has 0 aliphatic rings. The Morgan fingerprint density at radius 2 is 1.75 bits per heavy atom. The third kappa shape index (κ3) is 4.24. The van der Waals surface area contributed by atoms with Crippen LogP contribution in [0.3, 0.4) is 0 Å². The van der Waals surface area contributed by atoms with E-state index in [0.717, 1.165) is 30.4 Å². The fourth-order valence-corrected chi connectivity index (χ4v) is 2.55. The predicted octanol–water partition coefficient (Wildman–Crippen LogP) is 4.90. The summed E-state index contributed by atoms with van der Waals surface area (Å²) < 4.78 is 0. The van der Waals surface area contributed by atoms with Crippen molar-refractivity contribution < 1.29 is 0 Å². The lowest BCUT2D eigenvalue weighted by Gasteiger charge is -2.22. The van der Waals surface area contributed by atoms with Crippen molar-refractivity contribution in [1.82, 2.24) is 9.97 Å². The maximum atomic E-state index is 5.92. The van der Waals surface area contributed by atoms with Crippen LogP contribution < -0.4 is 10.2 Å². The molecule has 0 bridgehead atoms. The molecule has 3 aromatic rings. The maximum absolute atomic E-state index is 5.92. The highest BCUT2D eigenvalue weighted by atomic mass is 35.5. The molecule has 0 unspecified atom stereocenters. The Morgan fingerprint density at radius 3 is 2.46 bits per heavy atom. The maximum Gasteiger partial charge on any atom is 0.135 e. The number of halogens is 1. The number of nitrogens with one attached hydrogen (secondary N) is 1. The number of rotatable bonds is 6. The van der Waals surface area contributed by atoms with Crippen molar-refractivity contribution in [2.24, 2.45) is 0 Å². The Balaban J connectivity index is 1.76. The van der Waals surface area contributed by atoms with E-state index in [9.17, 15) is 0 Å². The van der Waals surface area contributed by atoms with Crippen LogP contribution in [0, 0.1) is 0 Å². The topological polar surface area (TPSA) is 41.0 Å². The van der Waals surface area contributed by atoms with E-state index in [1.807, 2.05) is 36.4 Å². The van der Waals surface area contributed by atoms with Crippen LogP contribution in [-0.2, 0) is 6.54 Å². The molecule has 2 aromatic carbocycles. The van der Waals surface area contributed by atoms with E-state index in [0.29, 0.717) is 5.02 Å². The van der Waals surface area contributed by atoms with Gasteiger partial charge in [0.15, 0.2) is 0 Å². The fraction of sp³-hybridized carbons (Fsp3) is 0.158. The van der Waals surface area contributed by atoms with Gasteiger partial charge < -0.3 is 10.2 Å². The first-order valence-electron chi connectivity index (χ1n) is 7.88. The van der Waals surface area contributed by atoms with Crippen LogP contribution in [0.15, 0.2) is 67.0 Å². The van der Waals surface area contributed by atoms with Crippen molar-refractivity contribution in [1.29, 1.82) is 0 Å². The molecule has 1 aromatic heterocycles. The van der Waals surface area contributed by atoms with Crippen LogP contribution >= 0.6 is 11.6 Å². The van der Waals surface area contributed by atoms with E-state index < -0.39 is 0 Å². The lowest BCUT2D eigenvalue weighted by Crippen LogP contribution is -2.23. The Hall–Kier alpha value is -2.59. The zero-order valence-electron chi connectivity index (χ0n) is 13.5. The molecular weight excluding hydrogens is 320 g/mol. The normalized spacial score (nSPS) is 10.4. The first-order chi connectivity index (χ1) is 11.7. The van der Waals surface area contributed by atoms with Gasteiger partial charge in [-0.1, -0.05) is 41.9 Å². The minimum atomic E-state index is 0.712. The third-order valence-electron chi connectivity index (χ3n) is 3.69. The van der Waals surface area contributed by atoms with Gasteiger partial charge in [0, 0.05) is 29.9 Å². The van der Waals surface area contributed by atoms with E-state index in [1.54, 1.807) is 6.33 Å². The SMILES string of the molecule is CCN(Cc1ccccc1)c1cc(Nc2ccc(Cl)cc2)ncn1. The Kier molecular flexibility index (Phi) is 5.29. The van der Waals surface area contributed by atoms with Gasteiger partial charge in [0.05, 0.1) is 0 Å². The second-order valence-corrected chi connectivity index (χ2v) is 5.83. The second kappa shape index (κ2) is 7.79. The standard InChI is InChI=1S/C19H19ClN4/c1-2-24(13-15-6-4-3-5-7-15)19-12-18(21-14-22-19)23-17-10-8-16(20)9-11-17/h3-12,14H,2,13H2,1H3,(H,21,22,23). The highest BCUT2D eigenvalue weighted by molar-refractivity contribution is 6.30. The van der Waals surface area contributed by atoms with Crippen LogP contribution in [0.5, 0.6) is 0 Å². The molecule has 0 aliphatic carbocycles. The first-order valence-corrected chi connectivity index (χ1v) is 8.26. The highest BCUT2D eigenvalue weighted by Crippen LogP contribution is 2.21. The molecule has 24 heavy (non-hydrogen) atoms. The molecule has 1 heterocycles. The second-order valence-electron chi connectivity index (χ2n) is 5.39. The molecule has 0 radical (unpaired) electrons. The van der Waals surface area contributed by atoms with Crippen molar-refractivity contribution in [3.05, 3.63) is 77.6 Å². The van der Waals surface area contributed by atoms with Crippen LogP contribution in [0.25, 0.3) is 0 Å². The van der Waals surface area contributed by atoms with E-state index >= 15 is 0 Å². The van der Waals surface area contributed by atoms with Crippen LogP contribution in [0.2, 0.25) is 5.02 Å². The van der Waals surface area contributed by atoms with Crippen LogP contribution in [0.1, 0.15) is 12.5 Å². The van der Waals surface area contributed by atoms with E-state index in [2.05, 4.69) is 51.4 Å². The summed E-state index contributed by atoms with van der Waals surface area (Å²) in [6, 6.07) is 19.9. The number of nitrogens with zero attached hydrogens (tertiary/aromatic N) is 3. The number of anilines is 3. The summed E-state index contributed by atoms with van der Waals surface area (Å²) in [5.41, 5.74) is 2.19. The largest absolute Gasteiger partial charge is 0.352 e. The van der Waals surface area contributed by atoms with Crippen molar-refractivity contribution in [3.8, 4) is 0 Å². The Morgan fingerprint density at radius 1 is 1.00 bits per heavy atom. The Bertz CT molecular complexity index is 775. The molecule has 0 spiro atoms. The average molecular weight is 339 g/mol. The minimum Gasteiger partial charge on any atom is -0.352 e. The summed E-state index contributed by atoms with van der Waals surface area (Å²) in [6.45, 7) is 3.80. The molecule has 0 saturated carbocycles. The quantitative estimate of drug-likeness (QED) is 0.694. The van der Waals surface area contributed by atoms with E-state index in [4.69, 9.17) is 11.6 Å². The molecule has 122 valence electrons. The van der Waals surface area contributed by atoms with Gasteiger partial charge in [-0.3, -0.25) is 0 Å². The lowest BCUT2D eigenvalue weighted by atomic mass is 10.2. The van der Waals surface area contributed by atoms with Gasteiger partial charge in [0.2, 0.25) is 0 Å². The van der Waals surface area contributed by atoms with E-state index in [1.165, 1.54) is 5.56 Å². The molecule has 0 atom stereocenters. The molecule has 0 saturated heterocycles. The smallest absolute Gasteiger partial charge is 0.135 e. The molecule has 0 amide bonds. The summed E-state index contributed by atoms with van der Waals surface area (Å²) in [4.78, 5) is 10.9. The van der Waals surface area contributed by atoms with Crippen molar-refractivity contribution in [3.63, 3.8) is 0 Å². The Labute approximate surface area is 147 Å². The fourth-order valence-electron chi connectivity index (χ4n) is 2.43. The first kappa shape index (κ1) is 16.3. The molecule has 0 fully saturated rings. The third-order valence-corrected chi connectivity index (χ3v) is 3.94. The minimum absolute atomic E-state index is 0.712. The molecular formula is C19H19ClN4.